The molecule has 0 aliphatic carbocycles. The fourth-order valence-electron chi connectivity index (χ4n) is 3.50. The van der Waals surface area contributed by atoms with Crippen LogP contribution in [0, 0.1) is 0 Å². The number of methoxy groups -OCH3 is 1. The Bertz CT molecular complexity index is 789. The van der Waals surface area contributed by atoms with Gasteiger partial charge in [0.25, 0.3) is 0 Å². The lowest BCUT2D eigenvalue weighted by Gasteiger charge is -2.37. The topological polar surface area (TPSA) is 68.9 Å². The molecule has 1 saturated heterocycles. The molecule has 3 rings (SSSR count). The van der Waals surface area contributed by atoms with Crippen LogP contribution in [0.25, 0.3) is 0 Å². The van der Waals surface area contributed by atoms with Crippen LogP contribution in [0.15, 0.2) is 53.5 Å². The van der Waals surface area contributed by atoms with Gasteiger partial charge >= 0.3 is 0 Å². The predicted octanol–water partition coefficient (Wildman–Crippen LogP) is 3.96. The van der Waals surface area contributed by atoms with Crippen molar-refractivity contribution >= 4 is 23.2 Å². The average molecular weight is 388 g/mol. The lowest BCUT2D eigenvalue weighted by molar-refractivity contribution is 0.0532. The van der Waals surface area contributed by atoms with E-state index in [1.54, 1.807) is 7.11 Å². The number of ether oxygens (including phenoxy) is 2. The molecule has 3 N–H and O–H groups in total. The highest BCUT2D eigenvalue weighted by atomic mass is 35.5. The first-order valence-electron chi connectivity index (χ1n) is 9.11. The van der Waals surface area contributed by atoms with Crippen LogP contribution in [0.4, 0.5) is 5.69 Å². The quantitative estimate of drug-likeness (QED) is 0.581. The van der Waals surface area contributed by atoms with E-state index >= 15 is 0 Å². The Hall–Kier alpha value is -2.08. The van der Waals surface area contributed by atoms with Crippen molar-refractivity contribution in [1.29, 1.82) is 0 Å². The maximum atomic E-state index is 6.50. The molecule has 0 aromatic heterocycles. The number of aliphatic imine (C=N–C) groups is 1. The minimum absolute atomic E-state index is 0.158. The van der Waals surface area contributed by atoms with Gasteiger partial charge in [-0.25, -0.2) is 0 Å². The summed E-state index contributed by atoms with van der Waals surface area (Å²) in [5, 5.41) is 3.97. The Morgan fingerprint density at radius 3 is 2.63 bits per heavy atom. The molecule has 1 aliphatic rings. The monoisotopic (exact) mass is 387 g/mol. The number of rotatable bonds is 6. The summed E-state index contributed by atoms with van der Waals surface area (Å²) in [4.78, 5) is 4.66. The summed E-state index contributed by atoms with van der Waals surface area (Å²) in [6.45, 7) is 2.47. The van der Waals surface area contributed by atoms with Gasteiger partial charge in [0.2, 0.25) is 0 Å². The highest BCUT2D eigenvalue weighted by Crippen LogP contribution is 2.38. The van der Waals surface area contributed by atoms with Crippen LogP contribution < -0.4 is 11.1 Å². The summed E-state index contributed by atoms with van der Waals surface area (Å²) >= 11 is 6.50. The van der Waals surface area contributed by atoms with Gasteiger partial charge in [-0.3, -0.25) is 4.99 Å². The number of hydrogen-bond acceptors (Lipinski definition) is 3. The van der Waals surface area contributed by atoms with Gasteiger partial charge in [0.05, 0.1) is 13.2 Å². The van der Waals surface area contributed by atoms with Crippen molar-refractivity contribution in [3.05, 3.63) is 64.7 Å². The van der Waals surface area contributed by atoms with E-state index in [4.69, 9.17) is 26.8 Å². The van der Waals surface area contributed by atoms with Crippen molar-refractivity contribution in [1.82, 2.24) is 0 Å². The van der Waals surface area contributed by atoms with E-state index in [1.807, 2.05) is 42.5 Å². The van der Waals surface area contributed by atoms with E-state index in [-0.39, 0.29) is 5.41 Å². The molecule has 144 valence electrons. The van der Waals surface area contributed by atoms with Crippen LogP contribution in [-0.4, -0.2) is 32.8 Å². The number of guanidine groups is 1. The molecule has 0 unspecified atom stereocenters. The number of halogens is 1. The molecule has 6 heteroatoms. The zero-order valence-electron chi connectivity index (χ0n) is 15.6. The molecule has 1 heterocycles. The van der Waals surface area contributed by atoms with Crippen LogP contribution in [0.5, 0.6) is 0 Å². The van der Waals surface area contributed by atoms with Crippen molar-refractivity contribution < 1.29 is 9.47 Å². The van der Waals surface area contributed by atoms with E-state index in [0.29, 0.717) is 32.3 Å². The molecular weight excluding hydrogens is 362 g/mol. The zero-order valence-corrected chi connectivity index (χ0v) is 16.3. The molecule has 0 atom stereocenters. The van der Waals surface area contributed by atoms with Gasteiger partial charge in [-0.05, 0) is 30.5 Å². The Kier molecular flexibility index (Phi) is 6.72. The number of hydrogen-bond donors (Lipinski definition) is 2. The van der Waals surface area contributed by atoms with Gasteiger partial charge in [-0.1, -0.05) is 48.0 Å². The van der Waals surface area contributed by atoms with E-state index in [0.717, 1.165) is 34.7 Å². The van der Waals surface area contributed by atoms with E-state index in [1.165, 1.54) is 0 Å². The lowest BCUT2D eigenvalue weighted by atomic mass is 9.74. The molecule has 2 aromatic rings. The first-order chi connectivity index (χ1) is 13.1. The number of nitrogens with one attached hydrogen (secondary N) is 1. The largest absolute Gasteiger partial charge is 0.381 e. The SMILES string of the molecule is COCc1ccccc1NC(N)=NCC1(c2ccccc2Cl)CCOCC1. The van der Waals surface area contributed by atoms with Crippen molar-refractivity contribution in [2.45, 2.75) is 24.9 Å². The van der Waals surface area contributed by atoms with Gasteiger partial charge in [0, 0.05) is 42.0 Å². The first kappa shape index (κ1) is 19.7. The fraction of sp³-hybridized carbons (Fsp3) is 0.381. The third kappa shape index (κ3) is 4.80. The maximum absolute atomic E-state index is 6.50. The second-order valence-electron chi connectivity index (χ2n) is 6.79. The minimum atomic E-state index is -0.158. The van der Waals surface area contributed by atoms with Gasteiger partial charge in [0.15, 0.2) is 5.96 Å². The number of benzene rings is 2. The molecule has 0 saturated carbocycles. The van der Waals surface area contributed by atoms with Gasteiger partial charge in [0.1, 0.15) is 0 Å². The molecule has 0 radical (unpaired) electrons. The molecule has 1 fully saturated rings. The summed E-state index contributed by atoms with van der Waals surface area (Å²) in [5.74, 6) is 0.386. The zero-order chi connectivity index (χ0) is 19.1. The highest BCUT2D eigenvalue weighted by Gasteiger charge is 2.36. The summed E-state index contributed by atoms with van der Waals surface area (Å²) in [7, 11) is 1.67. The third-order valence-corrected chi connectivity index (χ3v) is 5.36. The van der Waals surface area contributed by atoms with Crippen LogP contribution in [-0.2, 0) is 21.5 Å². The normalized spacial score (nSPS) is 16.9. The Labute approximate surface area is 165 Å². The summed E-state index contributed by atoms with van der Waals surface area (Å²) in [6, 6.07) is 15.9. The molecule has 0 spiro atoms. The van der Waals surface area contributed by atoms with Crippen LogP contribution in [0.2, 0.25) is 5.02 Å². The van der Waals surface area contributed by atoms with Crippen LogP contribution in [0.3, 0.4) is 0 Å². The average Bonchev–Trinajstić information content (AvgIpc) is 2.69. The maximum Gasteiger partial charge on any atom is 0.193 e. The molecule has 0 bridgehead atoms. The molecule has 2 aromatic carbocycles. The fourth-order valence-corrected chi connectivity index (χ4v) is 3.84. The van der Waals surface area contributed by atoms with Gasteiger partial charge < -0.3 is 20.5 Å². The third-order valence-electron chi connectivity index (χ3n) is 5.03. The van der Waals surface area contributed by atoms with Crippen LogP contribution in [0.1, 0.15) is 24.0 Å². The second kappa shape index (κ2) is 9.22. The Balaban J connectivity index is 1.80. The van der Waals surface area contributed by atoms with Gasteiger partial charge in [-0.15, -0.1) is 0 Å². The summed E-state index contributed by atoms with van der Waals surface area (Å²) < 4.78 is 10.8. The van der Waals surface area contributed by atoms with E-state index < -0.39 is 0 Å². The molecule has 27 heavy (non-hydrogen) atoms. The summed E-state index contributed by atoms with van der Waals surface area (Å²) in [6.07, 6.45) is 1.74. The van der Waals surface area contributed by atoms with Crippen molar-refractivity contribution in [2.24, 2.45) is 10.7 Å². The van der Waals surface area contributed by atoms with E-state index in [2.05, 4.69) is 16.4 Å². The van der Waals surface area contributed by atoms with Crippen molar-refractivity contribution in [3.8, 4) is 0 Å². The Morgan fingerprint density at radius 2 is 1.89 bits per heavy atom. The number of para-hydroxylation sites is 1. The number of nitrogens with two attached hydrogens (primary N) is 1. The van der Waals surface area contributed by atoms with E-state index in [9.17, 15) is 0 Å². The highest BCUT2D eigenvalue weighted by molar-refractivity contribution is 6.31. The Morgan fingerprint density at radius 1 is 1.19 bits per heavy atom. The smallest absolute Gasteiger partial charge is 0.193 e. The van der Waals surface area contributed by atoms with Crippen LogP contribution >= 0.6 is 11.6 Å². The first-order valence-corrected chi connectivity index (χ1v) is 9.49. The summed E-state index contributed by atoms with van der Waals surface area (Å²) in [5.41, 5.74) is 9.09. The molecule has 0 amide bonds. The lowest BCUT2D eigenvalue weighted by Crippen LogP contribution is -2.38. The van der Waals surface area contributed by atoms with Gasteiger partial charge in [-0.2, -0.15) is 0 Å². The van der Waals surface area contributed by atoms with Crippen molar-refractivity contribution in [3.63, 3.8) is 0 Å². The standard InChI is InChI=1S/C21H26ClN3O2/c1-26-14-16-6-2-5-9-19(16)25-20(23)24-15-21(10-12-27-13-11-21)17-7-3-4-8-18(17)22/h2-9H,10-15H2,1H3,(H3,23,24,25). The number of nitrogens with zero attached hydrogens (tertiary/aromatic N) is 1. The minimum Gasteiger partial charge on any atom is -0.381 e. The second-order valence-corrected chi connectivity index (χ2v) is 7.20. The predicted molar refractivity (Wildman–Crippen MR) is 110 cm³/mol. The molecular formula is C21H26ClN3O2. The molecule has 1 aliphatic heterocycles. The van der Waals surface area contributed by atoms with Crippen molar-refractivity contribution in [2.75, 3.05) is 32.2 Å². The number of anilines is 1. The molecule has 5 nitrogen and oxygen atoms in total.